The van der Waals surface area contributed by atoms with E-state index in [0.29, 0.717) is 12.8 Å². The molecule has 0 fully saturated rings. The molecule has 0 atom stereocenters. The molecule has 5 nitrogen and oxygen atoms in total. The number of phenolic OH excluding ortho intramolecular Hbond substituents is 1. The highest BCUT2D eigenvalue weighted by Gasteiger charge is 2.08. The lowest BCUT2D eigenvalue weighted by molar-refractivity contribution is -0.116. The van der Waals surface area contributed by atoms with Gasteiger partial charge in [0.15, 0.2) is 0 Å². The summed E-state index contributed by atoms with van der Waals surface area (Å²) in [6.07, 6.45) is 6.77. The zero-order valence-corrected chi connectivity index (χ0v) is 14.2. The third kappa shape index (κ3) is 4.02. The predicted octanol–water partition coefficient (Wildman–Crippen LogP) is 3.91. The maximum Gasteiger partial charge on any atom is 0.224 e. The van der Waals surface area contributed by atoms with E-state index < -0.39 is 0 Å². The lowest BCUT2D eigenvalue weighted by Gasteiger charge is -2.01. The highest BCUT2D eigenvalue weighted by atomic mass is 32.1. The molecular formula is C18H19N3O2S. The monoisotopic (exact) mass is 341 g/mol. The molecule has 0 aliphatic rings. The van der Waals surface area contributed by atoms with E-state index in [1.54, 1.807) is 23.5 Å². The molecule has 0 radical (unpaired) electrons. The van der Waals surface area contributed by atoms with Gasteiger partial charge in [0.05, 0.1) is 5.69 Å². The standard InChI is InChI=1S/C18H19N3O2S/c1-2-21-10-9-14(12-21)20-17(23)8-7-16-11-19-18(24-16)13-3-5-15(22)6-4-13/h3-6,9-12,22H,2,7-8H2,1H3,(H,20,23). The van der Waals surface area contributed by atoms with Crippen molar-refractivity contribution in [2.24, 2.45) is 0 Å². The molecule has 24 heavy (non-hydrogen) atoms. The molecule has 2 N–H and O–H groups in total. The molecule has 0 aliphatic heterocycles. The fourth-order valence-electron chi connectivity index (χ4n) is 2.33. The molecule has 0 aliphatic carbocycles. The summed E-state index contributed by atoms with van der Waals surface area (Å²) in [5.41, 5.74) is 1.80. The van der Waals surface area contributed by atoms with E-state index in [-0.39, 0.29) is 11.7 Å². The quantitative estimate of drug-likeness (QED) is 0.714. The molecule has 3 rings (SSSR count). The maximum atomic E-state index is 12.0. The van der Waals surface area contributed by atoms with Gasteiger partial charge in [0, 0.05) is 42.0 Å². The van der Waals surface area contributed by atoms with Crippen LogP contribution in [-0.2, 0) is 17.8 Å². The number of phenols is 1. The van der Waals surface area contributed by atoms with Crippen molar-refractivity contribution < 1.29 is 9.90 Å². The number of aryl methyl sites for hydroxylation is 2. The van der Waals surface area contributed by atoms with Gasteiger partial charge in [-0.1, -0.05) is 0 Å². The molecule has 0 saturated carbocycles. The van der Waals surface area contributed by atoms with E-state index in [2.05, 4.69) is 17.2 Å². The third-order valence-electron chi connectivity index (χ3n) is 3.67. The Morgan fingerprint density at radius 1 is 1.29 bits per heavy atom. The van der Waals surface area contributed by atoms with Crippen LogP contribution >= 0.6 is 11.3 Å². The zero-order valence-electron chi connectivity index (χ0n) is 13.4. The topological polar surface area (TPSA) is 67.2 Å². The van der Waals surface area contributed by atoms with Crippen molar-refractivity contribution in [2.45, 2.75) is 26.3 Å². The van der Waals surface area contributed by atoms with Gasteiger partial charge in [-0.2, -0.15) is 0 Å². The number of carbonyl (C=O) groups excluding carboxylic acids is 1. The number of amides is 1. The fourth-order valence-corrected chi connectivity index (χ4v) is 3.25. The minimum absolute atomic E-state index is 0.00318. The van der Waals surface area contributed by atoms with Crippen LogP contribution < -0.4 is 5.32 Å². The van der Waals surface area contributed by atoms with Crippen molar-refractivity contribution >= 4 is 22.9 Å². The normalized spacial score (nSPS) is 10.7. The first-order valence-corrected chi connectivity index (χ1v) is 8.65. The second-order valence-corrected chi connectivity index (χ2v) is 6.57. The van der Waals surface area contributed by atoms with Crippen molar-refractivity contribution in [3.63, 3.8) is 0 Å². The molecular weight excluding hydrogens is 322 g/mol. The Labute approximate surface area is 144 Å². The number of aromatic nitrogens is 2. The van der Waals surface area contributed by atoms with Crippen molar-refractivity contribution in [3.8, 4) is 16.3 Å². The fraction of sp³-hybridized carbons (Fsp3) is 0.222. The number of hydrogen-bond donors (Lipinski definition) is 2. The molecule has 0 spiro atoms. The number of thiazole rings is 1. The summed E-state index contributed by atoms with van der Waals surface area (Å²) in [6.45, 7) is 2.94. The Balaban J connectivity index is 1.55. The molecule has 0 saturated heterocycles. The van der Waals surface area contributed by atoms with Gasteiger partial charge in [0.2, 0.25) is 5.91 Å². The molecule has 0 bridgehead atoms. The number of anilines is 1. The van der Waals surface area contributed by atoms with Gasteiger partial charge in [0.25, 0.3) is 0 Å². The van der Waals surface area contributed by atoms with Crippen molar-refractivity contribution in [3.05, 3.63) is 53.8 Å². The Kier molecular flexibility index (Phi) is 4.96. The van der Waals surface area contributed by atoms with Gasteiger partial charge in [-0.15, -0.1) is 11.3 Å². The summed E-state index contributed by atoms with van der Waals surface area (Å²) in [7, 11) is 0. The first-order chi connectivity index (χ1) is 11.6. The molecule has 0 unspecified atom stereocenters. The summed E-state index contributed by atoms with van der Waals surface area (Å²) in [4.78, 5) is 17.5. The SMILES string of the molecule is CCn1ccc(NC(=O)CCc2cnc(-c3ccc(O)cc3)s2)c1. The van der Waals surface area contributed by atoms with Crippen LogP contribution in [0, 0.1) is 0 Å². The van der Waals surface area contributed by atoms with Gasteiger partial charge < -0.3 is 15.0 Å². The Morgan fingerprint density at radius 2 is 2.08 bits per heavy atom. The number of hydrogen-bond acceptors (Lipinski definition) is 4. The Bertz CT molecular complexity index is 821. The van der Waals surface area contributed by atoms with Crippen LogP contribution in [0.5, 0.6) is 5.75 Å². The summed E-state index contributed by atoms with van der Waals surface area (Å²) >= 11 is 1.57. The highest BCUT2D eigenvalue weighted by molar-refractivity contribution is 7.15. The molecule has 6 heteroatoms. The van der Waals surface area contributed by atoms with Crippen molar-refractivity contribution in [2.75, 3.05) is 5.32 Å². The first-order valence-electron chi connectivity index (χ1n) is 7.84. The average molecular weight is 341 g/mol. The molecule has 1 aromatic carbocycles. The van der Waals surface area contributed by atoms with Gasteiger partial charge in [-0.3, -0.25) is 4.79 Å². The minimum atomic E-state index is 0.00318. The average Bonchev–Trinajstić information content (AvgIpc) is 3.23. The van der Waals surface area contributed by atoms with Crippen LogP contribution in [-0.4, -0.2) is 20.6 Å². The van der Waals surface area contributed by atoms with Crippen LogP contribution in [0.2, 0.25) is 0 Å². The number of carbonyl (C=O) groups is 1. The van der Waals surface area contributed by atoms with Crippen molar-refractivity contribution in [1.82, 2.24) is 9.55 Å². The molecule has 124 valence electrons. The molecule has 2 heterocycles. The van der Waals surface area contributed by atoms with Crippen LogP contribution in [0.1, 0.15) is 18.2 Å². The van der Waals surface area contributed by atoms with Gasteiger partial charge in [-0.05, 0) is 43.7 Å². The van der Waals surface area contributed by atoms with Crippen molar-refractivity contribution in [1.29, 1.82) is 0 Å². The lowest BCUT2D eigenvalue weighted by Crippen LogP contribution is -2.11. The van der Waals surface area contributed by atoms with E-state index >= 15 is 0 Å². The van der Waals surface area contributed by atoms with Crippen LogP contribution in [0.3, 0.4) is 0 Å². The predicted molar refractivity (Wildman–Crippen MR) is 96.3 cm³/mol. The highest BCUT2D eigenvalue weighted by Crippen LogP contribution is 2.27. The van der Waals surface area contributed by atoms with Crippen LogP contribution in [0.25, 0.3) is 10.6 Å². The van der Waals surface area contributed by atoms with E-state index in [9.17, 15) is 9.90 Å². The van der Waals surface area contributed by atoms with Crippen LogP contribution in [0.15, 0.2) is 48.9 Å². The summed E-state index contributed by atoms with van der Waals surface area (Å²) in [5.74, 6) is 0.243. The largest absolute Gasteiger partial charge is 0.508 e. The molecule has 2 aromatic heterocycles. The second-order valence-electron chi connectivity index (χ2n) is 5.46. The summed E-state index contributed by atoms with van der Waals surface area (Å²) < 4.78 is 2.02. The van der Waals surface area contributed by atoms with Gasteiger partial charge >= 0.3 is 0 Å². The Hall–Kier alpha value is -2.60. The van der Waals surface area contributed by atoms with E-state index in [1.807, 2.05) is 41.4 Å². The molecule has 3 aromatic rings. The number of benzene rings is 1. The summed E-state index contributed by atoms with van der Waals surface area (Å²) in [6, 6.07) is 8.86. The van der Waals surface area contributed by atoms with E-state index in [4.69, 9.17) is 0 Å². The third-order valence-corrected chi connectivity index (χ3v) is 4.77. The number of nitrogens with zero attached hydrogens (tertiary/aromatic N) is 2. The molecule has 1 amide bonds. The summed E-state index contributed by atoms with van der Waals surface area (Å²) in [5, 5.41) is 13.1. The number of nitrogens with one attached hydrogen (secondary N) is 1. The first kappa shape index (κ1) is 16.3. The number of aromatic hydroxyl groups is 1. The van der Waals surface area contributed by atoms with Crippen LogP contribution in [0.4, 0.5) is 5.69 Å². The van der Waals surface area contributed by atoms with Gasteiger partial charge in [-0.25, -0.2) is 4.98 Å². The van der Waals surface area contributed by atoms with E-state index in [0.717, 1.165) is 27.7 Å². The Morgan fingerprint density at radius 3 is 2.79 bits per heavy atom. The second kappa shape index (κ2) is 7.31. The van der Waals surface area contributed by atoms with Gasteiger partial charge in [0.1, 0.15) is 10.8 Å². The number of rotatable bonds is 6. The maximum absolute atomic E-state index is 12.0. The van der Waals surface area contributed by atoms with E-state index in [1.165, 1.54) is 0 Å². The zero-order chi connectivity index (χ0) is 16.9. The lowest BCUT2D eigenvalue weighted by atomic mass is 10.2. The smallest absolute Gasteiger partial charge is 0.224 e. The minimum Gasteiger partial charge on any atom is -0.508 e.